The van der Waals surface area contributed by atoms with Gasteiger partial charge in [0.25, 0.3) is 0 Å². The Labute approximate surface area is 167 Å². The summed E-state index contributed by atoms with van der Waals surface area (Å²) in [6, 6.07) is 17.0. The molecule has 2 aromatic carbocycles. The lowest BCUT2D eigenvalue weighted by Crippen LogP contribution is -1.96. The molecule has 6 heteroatoms. The molecule has 28 heavy (non-hydrogen) atoms. The van der Waals surface area contributed by atoms with Gasteiger partial charge in [-0.05, 0) is 39.4 Å². The SMILES string of the molecule is C=CPc1ncc(-c2ccc(-c3ccc(-c4cnc(PC=C)[nH]4)cc3)cc2)[nH]1. The fraction of sp³-hybridized carbons (Fsp3) is 0. The molecule has 2 aromatic heterocycles. The van der Waals surface area contributed by atoms with Gasteiger partial charge in [0.2, 0.25) is 0 Å². The van der Waals surface area contributed by atoms with Crippen molar-refractivity contribution in [2.24, 2.45) is 0 Å². The molecule has 2 N–H and O–H groups in total. The molecular formula is C22H20N4P2. The van der Waals surface area contributed by atoms with Gasteiger partial charge in [0.1, 0.15) is 11.1 Å². The second-order valence-corrected chi connectivity index (χ2v) is 8.48. The summed E-state index contributed by atoms with van der Waals surface area (Å²) >= 11 is 0. The molecule has 4 rings (SSSR count). The molecule has 0 aliphatic rings. The summed E-state index contributed by atoms with van der Waals surface area (Å²) in [6.07, 6.45) is 3.75. The Kier molecular flexibility index (Phi) is 5.62. The maximum Gasteiger partial charge on any atom is 0.130 e. The minimum absolute atomic E-state index is 0.502. The van der Waals surface area contributed by atoms with Crippen LogP contribution in [0.15, 0.2) is 85.7 Å². The molecule has 0 amide bonds. The molecule has 4 nitrogen and oxygen atoms in total. The molecule has 0 saturated heterocycles. The van der Waals surface area contributed by atoms with Crippen molar-refractivity contribution in [2.75, 3.05) is 0 Å². The van der Waals surface area contributed by atoms with Crippen molar-refractivity contribution >= 4 is 28.3 Å². The Bertz CT molecular complexity index is 1000. The van der Waals surface area contributed by atoms with Crippen LogP contribution >= 0.6 is 17.2 Å². The number of hydrogen-bond donors (Lipinski definition) is 2. The van der Waals surface area contributed by atoms with Crippen molar-refractivity contribution in [1.29, 1.82) is 0 Å². The topological polar surface area (TPSA) is 57.4 Å². The van der Waals surface area contributed by atoms with Crippen molar-refractivity contribution in [1.82, 2.24) is 19.9 Å². The lowest BCUT2D eigenvalue weighted by Gasteiger charge is -2.05. The van der Waals surface area contributed by atoms with E-state index in [1.807, 2.05) is 24.0 Å². The van der Waals surface area contributed by atoms with Gasteiger partial charge < -0.3 is 9.97 Å². The van der Waals surface area contributed by atoms with E-state index in [9.17, 15) is 0 Å². The second-order valence-electron chi connectivity index (χ2n) is 6.14. The van der Waals surface area contributed by atoms with Gasteiger partial charge in [-0.3, -0.25) is 0 Å². The quantitative estimate of drug-likeness (QED) is 0.426. The fourth-order valence-corrected chi connectivity index (χ4v) is 4.04. The molecule has 4 aromatic rings. The van der Waals surface area contributed by atoms with Crippen molar-refractivity contribution < 1.29 is 0 Å². The maximum atomic E-state index is 4.39. The van der Waals surface area contributed by atoms with Crippen molar-refractivity contribution in [3.8, 4) is 33.6 Å². The summed E-state index contributed by atoms with van der Waals surface area (Å²) in [4.78, 5) is 15.5. The minimum Gasteiger partial charge on any atom is -0.338 e. The predicted octanol–water partition coefficient (Wildman–Crippen LogP) is 5.03. The number of benzene rings is 2. The highest BCUT2D eigenvalue weighted by Crippen LogP contribution is 2.26. The van der Waals surface area contributed by atoms with Crippen LogP contribution in [0, 0.1) is 0 Å². The number of nitrogens with zero attached hydrogens (tertiary/aromatic N) is 2. The molecule has 0 aliphatic heterocycles. The molecule has 138 valence electrons. The van der Waals surface area contributed by atoms with E-state index in [2.05, 4.69) is 81.6 Å². The Balaban J connectivity index is 1.52. The average Bonchev–Trinajstić information content (AvgIpc) is 3.39. The number of H-pyrrole nitrogens is 2. The van der Waals surface area contributed by atoms with Gasteiger partial charge in [0.15, 0.2) is 0 Å². The first-order valence-corrected chi connectivity index (χ1v) is 11.0. The highest BCUT2D eigenvalue weighted by molar-refractivity contribution is 7.50. The summed E-state index contributed by atoms with van der Waals surface area (Å²) < 4.78 is 0. The highest BCUT2D eigenvalue weighted by atomic mass is 31.1. The second kappa shape index (κ2) is 8.48. The summed E-state index contributed by atoms with van der Waals surface area (Å²) in [5.41, 5.74) is 8.59. The largest absolute Gasteiger partial charge is 0.338 e. The lowest BCUT2D eigenvalue weighted by molar-refractivity contribution is 1.41. The minimum atomic E-state index is 0.502. The van der Waals surface area contributed by atoms with Crippen molar-refractivity contribution in [2.45, 2.75) is 0 Å². The number of hydrogen-bond acceptors (Lipinski definition) is 2. The van der Waals surface area contributed by atoms with E-state index < -0.39 is 0 Å². The van der Waals surface area contributed by atoms with E-state index in [0.29, 0.717) is 17.2 Å². The summed E-state index contributed by atoms with van der Waals surface area (Å²) in [5.74, 6) is 3.75. The molecule has 0 fully saturated rings. The van der Waals surface area contributed by atoms with E-state index >= 15 is 0 Å². The third-order valence-corrected chi connectivity index (χ3v) is 5.82. The molecule has 0 saturated carbocycles. The van der Waals surface area contributed by atoms with Gasteiger partial charge >= 0.3 is 0 Å². The Hall–Kier alpha value is -2.80. The van der Waals surface area contributed by atoms with Crippen LogP contribution < -0.4 is 11.1 Å². The number of imidazole rings is 2. The van der Waals surface area contributed by atoms with Gasteiger partial charge in [-0.2, -0.15) is 0 Å². The molecule has 0 aliphatic carbocycles. The van der Waals surface area contributed by atoms with Gasteiger partial charge in [-0.25, -0.2) is 9.97 Å². The van der Waals surface area contributed by atoms with Gasteiger partial charge in [0.05, 0.1) is 23.8 Å². The number of aromatic nitrogens is 4. The van der Waals surface area contributed by atoms with Crippen LogP contribution in [0.4, 0.5) is 0 Å². The molecule has 2 atom stereocenters. The van der Waals surface area contributed by atoms with Crippen LogP contribution in [-0.4, -0.2) is 19.9 Å². The Morgan fingerprint density at radius 3 is 1.32 bits per heavy atom. The highest BCUT2D eigenvalue weighted by Gasteiger charge is 2.06. The normalized spacial score (nSPS) is 11.6. The number of aromatic amines is 2. The first kappa shape index (κ1) is 18.6. The molecule has 0 bridgehead atoms. The molecular weight excluding hydrogens is 382 g/mol. The molecule has 2 heterocycles. The zero-order valence-corrected chi connectivity index (χ0v) is 17.2. The van der Waals surface area contributed by atoms with E-state index in [1.165, 1.54) is 11.1 Å². The Morgan fingerprint density at radius 1 is 0.607 bits per heavy atom. The fourth-order valence-electron chi connectivity index (χ4n) is 2.96. The van der Waals surface area contributed by atoms with Gasteiger partial charge in [-0.1, -0.05) is 73.3 Å². The first-order valence-electron chi connectivity index (χ1n) is 8.83. The van der Waals surface area contributed by atoms with E-state index in [0.717, 1.165) is 33.6 Å². The average molecular weight is 402 g/mol. The first-order chi connectivity index (χ1) is 13.8. The van der Waals surface area contributed by atoms with Crippen LogP contribution in [0.25, 0.3) is 33.6 Å². The summed E-state index contributed by atoms with van der Waals surface area (Å²) in [5, 5.41) is 0. The van der Waals surface area contributed by atoms with Crippen molar-refractivity contribution in [3.05, 3.63) is 85.7 Å². The maximum absolute atomic E-state index is 4.39. The van der Waals surface area contributed by atoms with Crippen LogP contribution in [0.5, 0.6) is 0 Å². The predicted molar refractivity (Wildman–Crippen MR) is 123 cm³/mol. The smallest absolute Gasteiger partial charge is 0.130 e. The molecule has 0 spiro atoms. The number of nitrogens with one attached hydrogen (secondary N) is 2. The van der Waals surface area contributed by atoms with Crippen LogP contribution in [0.1, 0.15) is 0 Å². The van der Waals surface area contributed by atoms with E-state index in [-0.39, 0.29) is 0 Å². The standard InChI is InChI=1S/C22H20N4P2/c1-3-27-21-23-13-19(25-21)17-9-5-15(6-10-17)16-7-11-18(12-8-16)20-14-24-22(26-20)28-4-2/h3-14,27-28H,1-2H2,(H,23,25)(H,24,26). The third kappa shape index (κ3) is 4.04. The Morgan fingerprint density at radius 2 is 0.964 bits per heavy atom. The van der Waals surface area contributed by atoms with Gasteiger partial charge in [0, 0.05) is 0 Å². The van der Waals surface area contributed by atoms with Gasteiger partial charge in [-0.15, -0.1) is 0 Å². The summed E-state index contributed by atoms with van der Waals surface area (Å²) in [7, 11) is 1.00. The lowest BCUT2D eigenvalue weighted by atomic mass is 10.0. The third-order valence-electron chi connectivity index (χ3n) is 4.35. The zero-order valence-electron chi connectivity index (χ0n) is 15.2. The van der Waals surface area contributed by atoms with Crippen LogP contribution in [0.3, 0.4) is 0 Å². The van der Waals surface area contributed by atoms with Crippen LogP contribution in [-0.2, 0) is 0 Å². The van der Waals surface area contributed by atoms with E-state index in [1.54, 1.807) is 0 Å². The zero-order chi connectivity index (χ0) is 19.3. The summed E-state index contributed by atoms with van der Waals surface area (Å²) in [6.45, 7) is 7.52. The van der Waals surface area contributed by atoms with Crippen molar-refractivity contribution in [3.63, 3.8) is 0 Å². The molecule has 2 unspecified atom stereocenters. The monoisotopic (exact) mass is 402 g/mol. The van der Waals surface area contributed by atoms with E-state index in [4.69, 9.17) is 0 Å². The number of rotatable bonds is 7. The van der Waals surface area contributed by atoms with Crippen LogP contribution in [0.2, 0.25) is 0 Å². The molecule has 0 radical (unpaired) electrons.